The number of nitrogens with one attached hydrogen (secondary N) is 1. The third-order valence-electron chi connectivity index (χ3n) is 3.31. The van der Waals surface area contributed by atoms with Gasteiger partial charge in [0.1, 0.15) is 0 Å². The fourth-order valence-electron chi connectivity index (χ4n) is 2.40. The minimum Gasteiger partial charge on any atom is -0.465 e. The molecule has 0 atom stereocenters. The number of rotatable bonds is 2. The number of carbonyl (C=O) groups excluding carboxylic acids is 1. The van der Waals surface area contributed by atoms with E-state index in [9.17, 15) is 4.79 Å². The zero-order chi connectivity index (χ0) is 14.1. The third-order valence-corrected chi connectivity index (χ3v) is 3.31. The molecule has 4 nitrogen and oxygen atoms in total. The lowest BCUT2D eigenvalue weighted by Gasteiger charge is -2.32. The van der Waals surface area contributed by atoms with Crippen LogP contribution in [0.5, 0.6) is 0 Å². The van der Waals surface area contributed by atoms with E-state index in [4.69, 9.17) is 4.74 Å². The number of fused-ring (bicyclic) bond motifs is 2. The highest BCUT2D eigenvalue weighted by Crippen LogP contribution is 2.45. The number of methoxy groups -OCH3 is 1. The number of ether oxygens (including phenoxy) is 1. The van der Waals surface area contributed by atoms with Crippen LogP contribution < -0.4 is 10.2 Å². The zero-order valence-electron chi connectivity index (χ0n) is 11.1. The molecule has 2 aromatic carbocycles. The van der Waals surface area contributed by atoms with E-state index in [2.05, 4.69) is 11.9 Å². The van der Waals surface area contributed by atoms with Crippen LogP contribution in [0.3, 0.4) is 0 Å². The van der Waals surface area contributed by atoms with Crippen molar-refractivity contribution < 1.29 is 9.53 Å². The summed E-state index contributed by atoms with van der Waals surface area (Å²) in [5, 5.41) is 3.30. The molecule has 3 rings (SSSR count). The molecule has 0 aliphatic carbocycles. The van der Waals surface area contributed by atoms with Gasteiger partial charge in [0.2, 0.25) is 0 Å². The van der Waals surface area contributed by atoms with Crippen molar-refractivity contribution in [2.75, 3.05) is 17.3 Å². The molecule has 0 radical (unpaired) electrons. The molecule has 0 spiro atoms. The lowest BCUT2D eigenvalue weighted by molar-refractivity contribution is 0.0602. The second-order valence-corrected chi connectivity index (χ2v) is 4.39. The van der Waals surface area contributed by atoms with Gasteiger partial charge in [-0.15, -0.1) is 0 Å². The van der Waals surface area contributed by atoms with Crippen molar-refractivity contribution in [2.24, 2.45) is 0 Å². The Bertz CT molecular complexity index is 695. The highest BCUT2D eigenvalue weighted by atomic mass is 16.5. The molecule has 0 amide bonds. The van der Waals surface area contributed by atoms with Crippen molar-refractivity contribution in [3.05, 3.63) is 60.8 Å². The zero-order valence-corrected chi connectivity index (χ0v) is 11.1. The Hall–Kier alpha value is -2.75. The van der Waals surface area contributed by atoms with E-state index in [1.54, 1.807) is 12.3 Å². The molecular formula is C16H14N2O2. The molecule has 0 aromatic heterocycles. The number of para-hydroxylation sites is 3. The van der Waals surface area contributed by atoms with E-state index < -0.39 is 0 Å². The predicted octanol–water partition coefficient (Wildman–Crippen LogP) is 3.81. The van der Waals surface area contributed by atoms with Gasteiger partial charge in [-0.2, -0.15) is 0 Å². The number of esters is 1. The van der Waals surface area contributed by atoms with Crippen molar-refractivity contribution in [3.63, 3.8) is 0 Å². The molecule has 0 saturated heterocycles. The minimum absolute atomic E-state index is 0.363. The average molecular weight is 266 g/mol. The lowest BCUT2D eigenvalue weighted by Crippen LogP contribution is -2.19. The molecule has 20 heavy (non-hydrogen) atoms. The molecule has 1 heterocycles. The fourth-order valence-corrected chi connectivity index (χ4v) is 2.40. The second kappa shape index (κ2) is 4.74. The van der Waals surface area contributed by atoms with Crippen molar-refractivity contribution in [2.45, 2.75) is 0 Å². The van der Waals surface area contributed by atoms with Crippen LogP contribution in [-0.4, -0.2) is 13.1 Å². The van der Waals surface area contributed by atoms with Crippen LogP contribution in [0.4, 0.5) is 22.7 Å². The smallest absolute Gasteiger partial charge is 0.340 e. The largest absolute Gasteiger partial charge is 0.465 e. The van der Waals surface area contributed by atoms with Crippen molar-refractivity contribution >= 4 is 28.7 Å². The maximum absolute atomic E-state index is 11.9. The number of nitrogens with zero attached hydrogens (tertiary/aromatic N) is 1. The van der Waals surface area contributed by atoms with Gasteiger partial charge in [0.05, 0.1) is 35.4 Å². The summed E-state index contributed by atoms with van der Waals surface area (Å²) in [7, 11) is 1.38. The Labute approximate surface area is 117 Å². The van der Waals surface area contributed by atoms with Crippen molar-refractivity contribution in [1.29, 1.82) is 0 Å². The highest BCUT2D eigenvalue weighted by molar-refractivity contribution is 6.04. The first-order chi connectivity index (χ1) is 9.76. The topological polar surface area (TPSA) is 41.6 Å². The fraction of sp³-hybridized carbons (Fsp3) is 0.0625. The summed E-state index contributed by atoms with van der Waals surface area (Å²) < 4.78 is 4.84. The van der Waals surface area contributed by atoms with Gasteiger partial charge in [0, 0.05) is 6.20 Å². The maximum atomic E-state index is 11.9. The highest BCUT2D eigenvalue weighted by Gasteiger charge is 2.24. The van der Waals surface area contributed by atoms with Crippen LogP contribution in [0.2, 0.25) is 0 Å². The molecule has 0 bridgehead atoms. The summed E-state index contributed by atoms with van der Waals surface area (Å²) >= 11 is 0. The Balaban J connectivity index is 2.21. The molecule has 1 N–H and O–H groups in total. The van der Waals surface area contributed by atoms with Crippen LogP contribution in [0.1, 0.15) is 10.4 Å². The van der Waals surface area contributed by atoms with Crippen molar-refractivity contribution in [1.82, 2.24) is 0 Å². The average Bonchev–Trinajstić information content (AvgIpc) is 2.51. The molecule has 1 aliphatic rings. The lowest BCUT2D eigenvalue weighted by atomic mass is 10.1. The van der Waals surface area contributed by atoms with Crippen LogP contribution >= 0.6 is 0 Å². The summed E-state index contributed by atoms with van der Waals surface area (Å²) in [4.78, 5) is 13.8. The van der Waals surface area contributed by atoms with Gasteiger partial charge in [0.15, 0.2) is 0 Å². The van der Waals surface area contributed by atoms with E-state index in [1.165, 1.54) is 7.11 Å². The number of carbonyl (C=O) groups is 1. The normalized spacial score (nSPS) is 11.9. The molecule has 4 heteroatoms. The molecule has 0 fully saturated rings. The number of benzene rings is 2. The summed E-state index contributed by atoms with van der Waals surface area (Å²) in [6.45, 7) is 3.86. The van der Waals surface area contributed by atoms with Gasteiger partial charge in [0.25, 0.3) is 0 Å². The maximum Gasteiger partial charge on any atom is 0.340 e. The SMILES string of the molecule is C=CN1c2ccccc2Nc2c(C(=O)OC)cccc21. The first-order valence-electron chi connectivity index (χ1n) is 6.25. The van der Waals surface area contributed by atoms with E-state index in [1.807, 2.05) is 41.3 Å². The van der Waals surface area contributed by atoms with Gasteiger partial charge in [-0.05, 0) is 24.3 Å². The van der Waals surface area contributed by atoms with E-state index in [0.717, 1.165) is 22.7 Å². The van der Waals surface area contributed by atoms with Gasteiger partial charge in [-0.1, -0.05) is 24.8 Å². The van der Waals surface area contributed by atoms with Crippen LogP contribution in [-0.2, 0) is 4.74 Å². The molecule has 1 aliphatic heterocycles. The van der Waals surface area contributed by atoms with Crippen LogP contribution in [0.15, 0.2) is 55.2 Å². The molecular weight excluding hydrogens is 252 g/mol. The van der Waals surface area contributed by atoms with Gasteiger partial charge < -0.3 is 15.0 Å². The Kier molecular flexibility index (Phi) is 2.91. The van der Waals surface area contributed by atoms with Gasteiger partial charge in [-0.25, -0.2) is 4.79 Å². The van der Waals surface area contributed by atoms with Gasteiger partial charge in [-0.3, -0.25) is 0 Å². The Morgan fingerprint density at radius 1 is 1.20 bits per heavy atom. The van der Waals surface area contributed by atoms with Crippen LogP contribution in [0.25, 0.3) is 0 Å². The monoisotopic (exact) mass is 266 g/mol. The number of anilines is 4. The van der Waals surface area contributed by atoms with Crippen LogP contribution in [0, 0.1) is 0 Å². The van der Waals surface area contributed by atoms with E-state index >= 15 is 0 Å². The predicted molar refractivity (Wildman–Crippen MR) is 79.8 cm³/mol. The minimum atomic E-state index is -0.363. The molecule has 0 unspecified atom stereocenters. The number of hydrogen-bond donors (Lipinski definition) is 1. The van der Waals surface area contributed by atoms with Gasteiger partial charge >= 0.3 is 5.97 Å². The molecule has 100 valence electrons. The van der Waals surface area contributed by atoms with E-state index in [0.29, 0.717) is 5.56 Å². The Morgan fingerprint density at radius 2 is 1.95 bits per heavy atom. The summed E-state index contributed by atoms with van der Waals surface area (Å²) in [6.07, 6.45) is 1.74. The first kappa shape index (κ1) is 12.3. The standard InChI is InChI=1S/C16H14N2O2/c1-3-18-13-9-5-4-8-12(13)17-15-11(16(19)20-2)7-6-10-14(15)18/h3-10,17H,1H2,2H3. The third kappa shape index (κ3) is 1.73. The quantitative estimate of drug-likeness (QED) is 0.839. The van der Waals surface area contributed by atoms with Crippen molar-refractivity contribution in [3.8, 4) is 0 Å². The summed E-state index contributed by atoms with van der Waals surface area (Å²) in [6, 6.07) is 13.4. The Morgan fingerprint density at radius 3 is 2.70 bits per heavy atom. The summed E-state index contributed by atoms with van der Waals surface area (Å²) in [5.74, 6) is -0.363. The molecule has 0 saturated carbocycles. The number of hydrogen-bond acceptors (Lipinski definition) is 4. The summed E-state index contributed by atoms with van der Waals surface area (Å²) in [5.41, 5.74) is 4.04. The second-order valence-electron chi connectivity index (χ2n) is 4.39. The van der Waals surface area contributed by atoms with E-state index in [-0.39, 0.29) is 5.97 Å². The molecule has 2 aromatic rings. The first-order valence-corrected chi connectivity index (χ1v) is 6.25.